The standard InChI is InChI=1S/C18H20N2OS/c21-14(12-19-10-5-11-22-19)13-20-17-8-3-1-6-15(17)16-7-2-4-9-18(16)20/h1-4,6-9,14,21H,5,10-13H2/t14-/m0/s1. The molecule has 0 bridgehead atoms. The van der Waals surface area contributed by atoms with Gasteiger partial charge in [-0.2, -0.15) is 0 Å². The fourth-order valence-electron chi connectivity index (χ4n) is 3.35. The summed E-state index contributed by atoms with van der Waals surface area (Å²) in [4.78, 5) is 0. The van der Waals surface area contributed by atoms with Gasteiger partial charge >= 0.3 is 0 Å². The topological polar surface area (TPSA) is 28.4 Å². The Kier molecular flexibility index (Phi) is 3.82. The molecule has 1 atom stereocenters. The van der Waals surface area contributed by atoms with Crippen molar-refractivity contribution < 1.29 is 5.11 Å². The molecule has 2 aromatic carbocycles. The van der Waals surface area contributed by atoms with E-state index < -0.39 is 0 Å². The first-order valence-corrected chi connectivity index (χ1v) is 8.79. The van der Waals surface area contributed by atoms with E-state index in [1.165, 1.54) is 34.0 Å². The Bertz CT molecular complexity index is 739. The summed E-state index contributed by atoms with van der Waals surface area (Å²) >= 11 is 1.85. The number of benzene rings is 2. The van der Waals surface area contributed by atoms with Crippen molar-refractivity contribution in [3.63, 3.8) is 0 Å². The molecule has 0 saturated carbocycles. The van der Waals surface area contributed by atoms with E-state index in [1.54, 1.807) is 0 Å². The van der Waals surface area contributed by atoms with Gasteiger partial charge in [0.25, 0.3) is 0 Å². The molecule has 1 aliphatic heterocycles. The molecule has 0 radical (unpaired) electrons. The van der Waals surface area contributed by atoms with E-state index >= 15 is 0 Å². The number of nitrogens with zero attached hydrogens (tertiary/aromatic N) is 2. The van der Waals surface area contributed by atoms with E-state index in [4.69, 9.17) is 0 Å². The zero-order valence-corrected chi connectivity index (χ0v) is 13.3. The van der Waals surface area contributed by atoms with E-state index in [2.05, 4.69) is 57.4 Å². The Hall–Kier alpha value is -1.49. The van der Waals surface area contributed by atoms with Crippen molar-refractivity contribution in [2.75, 3.05) is 18.8 Å². The van der Waals surface area contributed by atoms with Crippen molar-refractivity contribution in [2.24, 2.45) is 0 Å². The summed E-state index contributed by atoms with van der Waals surface area (Å²) in [6, 6.07) is 16.9. The van der Waals surface area contributed by atoms with Crippen LogP contribution in [0.4, 0.5) is 0 Å². The molecular formula is C18H20N2OS. The minimum Gasteiger partial charge on any atom is -0.390 e. The van der Waals surface area contributed by atoms with Crippen LogP contribution >= 0.6 is 11.9 Å². The predicted octanol–water partition coefficient (Wildman–Crippen LogP) is 3.51. The average molecular weight is 312 g/mol. The van der Waals surface area contributed by atoms with Crippen LogP contribution in [0.25, 0.3) is 21.8 Å². The minimum atomic E-state index is -0.343. The predicted molar refractivity (Wildman–Crippen MR) is 94.1 cm³/mol. The van der Waals surface area contributed by atoms with E-state index in [9.17, 15) is 5.11 Å². The Morgan fingerprint density at radius 2 is 1.59 bits per heavy atom. The first kappa shape index (κ1) is 14.1. The highest BCUT2D eigenvalue weighted by Gasteiger charge is 2.18. The molecule has 3 aromatic rings. The molecule has 0 unspecified atom stereocenters. The van der Waals surface area contributed by atoms with Gasteiger partial charge in [-0.15, -0.1) is 0 Å². The number of β-amino-alcohol motifs (C(OH)–C–C–N with tert-alkyl or cyclic N) is 1. The lowest BCUT2D eigenvalue weighted by molar-refractivity contribution is 0.135. The highest BCUT2D eigenvalue weighted by Crippen LogP contribution is 2.29. The molecule has 3 nitrogen and oxygen atoms in total. The molecule has 0 amide bonds. The summed E-state index contributed by atoms with van der Waals surface area (Å²) in [5.74, 6) is 1.18. The Morgan fingerprint density at radius 1 is 0.955 bits per heavy atom. The van der Waals surface area contributed by atoms with Gasteiger partial charge < -0.3 is 9.67 Å². The molecule has 1 saturated heterocycles. The number of rotatable bonds is 4. The maximum Gasteiger partial charge on any atom is 0.0855 e. The number of para-hydroxylation sites is 2. The van der Waals surface area contributed by atoms with Crippen molar-refractivity contribution in [1.29, 1.82) is 0 Å². The molecule has 1 fully saturated rings. The van der Waals surface area contributed by atoms with Gasteiger partial charge in [0.1, 0.15) is 0 Å². The van der Waals surface area contributed by atoms with Crippen molar-refractivity contribution in [3.8, 4) is 0 Å². The van der Waals surface area contributed by atoms with Gasteiger partial charge in [-0.25, -0.2) is 4.31 Å². The number of aromatic nitrogens is 1. The molecule has 0 spiro atoms. The van der Waals surface area contributed by atoms with Gasteiger partial charge in [-0.05, 0) is 18.6 Å². The molecule has 1 N–H and O–H groups in total. The van der Waals surface area contributed by atoms with Gasteiger partial charge in [0.05, 0.1) is 12.6 Å². The fraction of sp³-hybridized carbons (Fsp3) is 0.333. The van der Waals surface area contributed by atoms with Crippen molar-refractivity contribution in [2.45, 2.75) is 19.1 Å². The summed E-state index contributed by atoms with van der Waals surface area (Å²) in [5, 5.41) is 13.1. The SMILES string of the molecule is O[C@@H](CN1CCCS1)Cn1c2ccccc2c2ccccc21. The first-order chi connectivity index (χ1) is 10.8. The van der Waals surface area contributed by atoms with Crippen LogP contribution in [0.1, 0.15) is 6.42 Å². The second kappa shape index (κ2) is 5.95. The van der Waals surface area contributed by atoms with Gasteiger partial charge in [-0.3, -0.25) is 0 Å². The van der Waals surface area contributed by atoms with E-state index in [-0.39, 0.29) is 6.10 Å². The molecule has 1 aliphatic rings. The highest BCUT2D eigenvalue weighted by atomic mass is 32.2. The lowest BCUT2D eigenvalue weighted by Crippen LogP contribution is -2.29. The quantitative estimate of drug-likeness (QED) is 0.747. The van der Waals surface area contributed by atoms with Gasteiger partial charge in [0.15, 0.2) is 0 Å². The van der Waals surface area contributed by atoms with Crippen LogP contribution in [0, 0.1) is 0 Å². The van der Waals surface area contributed by atoms with Crippen LogP contribution in [0.2, 0.25) is 0 Å². The summed E-state index contributed by atoms with van der Waals surface area (Å²) in [7, 11) is 0. The van der Waals surface area contributed by atoms with Crippen LogP contribution in [-0.4, -0.2) is 38.9 Å². The van der Waals surface area contributed by atoms with Gasteiger partial charge in [-0.1, -0.05) is 48.3 Å². The Labute approximate surface area is 134 Å². The van der Waals surface area contributed by atoms with Gasteiger partial charge in [0.2, 0.25) is 0 Å². The third-order valence-electron chi connectivity index (χ3n) is 4.31. The lowest BCUT2D eigenvalue weighted by atomic mass is 10.2. The average Bonchev–Trinajstić information content (AvgIpc) is 3.15. The minimum absolute atomic E-state index is 0.343. The van der Waals surface area contributed by atoms with Crippen LogP contribution < -0.4 is 0 Å². The monoisotopic (exact) mass is 312 g/mol. The molecule has 4 rings (SSSR count). The molecule has 2 heterocycles. The first-order valence-electron chi connectivity index (χ1n) is 7.85. The summed E-state index contributed by atoms with van der Waals surface area (Å²) < 4.78 is 4.55. The maximum atomic E-state index is 10.5. The summed E-state index contributed by atoms with van der Waals surface area (Å²) in [5.41, 5.74) is 2.41. The highest BCUT2D eigenvalue weighted by molar-refractivity contribution is 7.97. The number of hydrogen-bond acceptors (Lipinski definition) is 3. The third-order valence-corrected chi connectivity index (χ3v) is 5.48. The van der Waals surface area contributed by atoms with Crippen LogP contribution in [0.15, 0.2) is 48.5 Å². The van der Waals surface area contributed by atoms with Crippen LogP contribution in [0.3, 0.4) is 0 Å². The lowest BCUT2D eigenvalue weighted by Gasteiger charge is -2.19. The maximum absolute atomic E-state index is 10.5. The van der Waals surface area contributed by atoms with Crippen LogP contribution in [0.5, 0.6) is 0 Å². The number of hydrogen-bond donors (Lipinski definition) is 1. The number of fused-ring (bicyclic) bond motifs is 3. The Balaban J connectivity index is 1.69. The van der Waals surface area contributed by atoms with Gasteiger partial charge in [0, 0.05) is 40.6 Å². The fourth-order valence-corrected chi connectivity index (χ4v) is 4.40. The smallest absolute Gasteiger partial charge is 0.0855 e. The molecule has 0 aliphatic carbocycles. The molecular weight excluding hydrogens is 292 g/mol. The van der Waals surface area contributed by atoms with E-state index in [0.717, 1.165) is 13.1 Å². The normalized spacial score (nSPS) is 17.5. The summed E-state index contributed by atoms with van der Waals surface area (Å²) in [6.45, 7) is 2.48. The Morgan fingerprint density at radius 3 is 2.18 bits per heavy atom. The summed E-state index contributed by atoms with van der Waals surface area (Å²) in [6.07, 6.45) is 0.886. The molecule has 22 heavy (non-hydrogen) atoms. The molecule has 1 aromatic heterocycles. The van der Waals surface area contributed by atoms with Crippen LogP contribution in [-0.2, 0) is 6.54 Å². The zero-order chi connectivity index (χ0) is 14.9. The van der Waals surface area contributed by atoms with Crippen molar-refractivity contribution >= 4 is 33.8 Å². The zero-order valence-electron chi connectivity index (χ0n) is 12.5. The molecule has 4 heteroatoms. The van der Waals surface area contributed by atoms with E-state index in [0.29, 0.717) is 6.54 Å². The second-order valence-corrected chi connectivity index (χ2v) is 7.06. The molecule has 114 valence electrons. The number of aliphatic hydroxyl groups is 1. The van der Waals surface area contributed by atoms with E-state index in [1.807, 2.05) is 11.9 Å². The third kappa shape index (κ3) is 2.51. The largest absolute Gasteiger partial charge is 0.390 e. The van der Waals surface area contributed by atoms with Crippen molar-refractivity contribution in [1.82, 2.24) is 8.87 Å². The second-order valence-electron chi connectivity index (χ2n) is 5.87. The van der Waals surface area contributed by atoms with Crippen molar-refractivity contribution in [3.05, 3.63) is 48.5 Å². The number of aliphatic hydroxyl groups excluding tert-OH is 1.